The molecule has 5 heteroatoms. The van der Waals surface area contributed by atoms with Crippen LogP contribution in [-0.2, 0) is 6.42 Å². The van der Waals surface area contributed by atoms with Crippen LogP contribution in [0, 0.1) is 5.82 Å². The number of halogens is 1. The van der Waals surface area contributed by atoms with Gasteiger partial charge in [0, 0.05) is 12.2 Å². The summed E-state index contributed by atoms with van der Waals surface area (Å²) in [7, 11) is 1.64. The monoisotopic (exact) mass is 275 g/mol. The van der Waals surface area contributed by atoms with E-state index in [0.717, 1.165) is 24.2 Å². The largest absolute Gasteiger partial charge is 0.497 e. The first-order valence-electron chi connectivity index (χ1n) is 6.42. The van der Waals surface area contributed by atoms with Crippen molar-refractivity contribution in [2.75, 3.05) is 7.11 Å². The lowest BCUT2D eigenvalue weighted by Crippen LogP contribution is -2.28. The number of methoxy groups -OCH3 is 1. The predicted molar refractivity (Wildman–Crippen MR) is 75.6 cm³/mol. The quantitative estimate of drug-likeness (QED) is 0.627. The van der Waals surface area contributed by atoms with Crippen molar-refractivity contribution in [3.8, 4) is 5.75 Å². The van der Waals surface area contributed by atoms with Gasteiger partial charge in [0.1, 0.15) is 11.6 Å². The molecule has 0 aliphatic carbocycles. The SMILES string of the molecule is COc1ccc(CCC(NN)c2cncc(F)c2)cc1. The molecule has 0 bridgehead atoms. The fourth-order valence-electron chi connectivity index (χ4n) is 2.07. The van der Waals surface area contributed by atoms with Gasteiger partial charge in [0.2, 0.25) is 0 Å². The molecular weight excluding hydrogens is 257 g/mol. The van der Waals surface area contributed by atoms with Gasteiger partial charge in [-0.1, -0.05) is 12.1 Å². The highest BCUT2D eigenvalue weighted by Crippen LogP contribution is 2.19. The van der Waals surface area contributed by atoms with E-state index >= 15 is 0 Å². The highest BCUT2D eigenvalue weighted by Gasteiger charge is 2.11. The van der Waals surface area contributed by atoms with Crippen molar-refractivity contribution in [1.82, 2.24) is 10.4 Å². The lowest BCUT2D eigenvalue weighted by Gasteiger charge is -2.16. The van der Waals surface area contributed by atoms with Gasteiger partial charge >= 0.3 is 0 Å². The maximum absolute atomic E-state index is 13.2. The minimum atomic E-state index is -0.354. The van der Waals surface area contributed by atoms with Gasteiger partial charge in [-0.05, 0) is 42.2 Å². The molecule has 106 valence electrons. The van der Waals surface area contributed by atoms with Gasteiger partial charge in [0.25, 0.3) is 0 Å². The smallest absolute Gasteiger partial charge is 0.141 e. The number of rotatable bonds is 6. The normalized spacial score (nSPS) is 12.2. The van der Waals surface area contributed by atoms with Crippen molar-refractivity contribution < 1.29 is 9.13 Å². The van der Waals surface area contributed by atoms with Gasteiger partial charge in [0.05, 0.1) is 13.3 Å². The van der Waals surface area contributed by atoms with Crippen LogP contribution >= 0.6 is 0 Å². The highest BCUT2D eigenvalue weighted by atomic mass is 19.1. The third kappa shape index (κ3) is 3.76. The van der Waals surface area contributed by atoms with Gasteiger partial charge in [-0.25, -0.2) is 4.39 Å². The Morgan fingerprint density at radius 3 is 2.65 bits per heavy atom. The molecule has 1 aromatic carbocycles. The second-order valence-electron chi connectivity index (χ2n) is 4.54. The van der Waals surface area contributed by atoms with Crippen molar-refractivity contribution in [2.24, 2.45) is 5.84 Å². The molecule has 0 fully saturated rings. The topological polar surface area (TPSA) is 60.2 Å². The van der Waals surface area contributed by atoms with Crippen molar-refractivity contribution in [3.63, 3.8) is 0 Å². The van der Waals surface area contributed by atoms with E-state index in [1.165, 1.54) is 17.8 Å². The molecule has 1 heterocycles. The van der Waals surface area contributed by atoms with Crippen LogP contribution in [0.1, 0.15) is 23.6 Å². The Bertz CT molecular complexity index is 545. The number of nitrogens with one attached hydrogen (secondary N) is 1. The van der Waals surface area contributed by atoms with Gasteiger partial charge in [-0.15, -0.1) is 0 Å². The van der Waals surface area contributed by atoms with Crippen molar-refractivity contribution >= 4 is 0 Å². The number of hydrogen-bond donors (Lipinski definition) is 2. The van der Waals surface area contributed by atoms with Crippen LogP contribution in [0.15, 0.2) is 42.7 Å². The van der Waals surface area contributed by atoms with Crippen LogP contribution in [0.4, 0.5) is 4.39 Å². The van der Waals surface area contributed by atoms with Crippen molar-refractivity contribution in [2.45, 2.75) is 18.9 Å². The fourth-order valence-corrected chi connectivity index (χ4v) is 2.07. The summed E-state index contributed by atoms with van der Waals surface area (Å²) in [6.45, 7) is 0. The molecule has 4 nitrogen and oxygen atoms in total. The van der Waals surface area contributed by atoms with Crippen LogP contribution in [0.5, 0.6) is 5.75 Å². The molecule has 0 aliphatic heterocycles. The second-order valence-corrected chi connectivity index (χ2v) is 4.54. The molecule has 20 heavy (non-hydrogen) atoms. The molecule has 0 spiro atoms. The lowest BCUT2D eigenvalue weighted by molar-refractivity contribution is 0.414. The Labute approximate surface area is 117 Å². The Balaban J connectivity index is 1.99. The molecule has 0 saturated heterocycles. The highest BCUT2D eigenvalue weighted by molar-refractivity contribution is 5.27. The number of pyridine rings is 1. The summed E-state index contributed by atoms with van der Waals surface area (Å²) < 4.78 is 18.3. The van der Waals surface area contributed by atoms with E-state index in [4.69, 9.17) is 10.6 Å². The number of benzene rings is 1. The maximum Gasteiger partial charge on any atom is 0.141 e. The van der Waals surface area contributed by atoms with Crippen LogP contribution in [-0.4, -0.2) is 12.1 Å². The number of nitrogens with zero attached hydrogens (tertiary/aromatic N) is 1. The molecule has 0 amide bonds. The average Bonchev–Trinajstić information content (AvgIpc) is 2.48. The molecule has 1 unspecified atom stereocenters. The zero-order chi connectivity index (χ0) is 14.4. The van der Waals surface area contributed by atoms with Crippen LogP contribution < -0.4 is 16.0 Å². The number of hydrogen-bond acceptors (Lipinski definition) is 4. The fraction of sp³-hybridized carbons (Fsp3) is 0.267. The minimum Gasteiger partial charge on any atom is -0.497 e. The van der Waals surface area contributed by atoms with Gasteiger partial charge in [-0.3, -0.25) is 16.3 Å². The van der Waals surface area contributed by atoms with Crippen LogP contribution in [0.25, 0.3) is 0 Å². The van der Waals surface area contributed by atoms with Crippen LogP contribution in [0.3, 0.4) is 0 Å². The third-order valence-electron chi connectivity index (χ3n) is 3.21. The molecule has 1 atom stereocenters. The zero-order valence-corrected chi connectivity index (χ0v) is 11.3. The number of hydrazine groups is 1. The predicted octanol–water partition coefficient (Wildman–Crippen LogP) is 2.37. The van der Waals surface area contributed by atoms with Crippen LogP contribution in [0.2, 0.25) is 0 Å². The molecular formula is C15H18FN3O. The summed E-state index contributed by atoms with van der Waals surface area (Å²) in [5.41, 5.74) is 4.63. The van der Waals surface area contributed by atoms with E-state index in [1.54, 1.807) is 13.3 Å². The van der Waals surface area contributed by atoms with E-state index in [-0.39, 0.29) is 11.9 Å². The first-order valence-corrected chi connectivity index (χ1v) is 6.42. The zero-order valence-electron chi connectivity index (χ0n) is 11.3. The van der Waals surface area contributed by atoms with E-state index < -0.39 is 0 Å². The lowest BCUT2D eigenvalue weighted by atomic mass is 10.0. The molecule has 3 N–H and O–H groups in total. The summed E-state index contributed by atoms with van der Waals surface area (Å²) in [6, 6.07) is 9.19. The van der Waals surface area contributed by atoms with Gasteiger partial charge < -0.3 is 4.74 Å². The Kier molecular flexibility index (Phi) is 5.03. The standard InChI is InChI=1S/C15H18FN3O/c1-20-14-5-2-11(3-6-14)4-7-15(19-17)12-8-13(16)10-18-9-12/h2-3,5-6,8-10,15,19H,4,7,17H2,1H3. The molecule has 2 aromatic rings. The van der Waals surface area contributed by atoms with Gasteiger partial charge in [-0.2, -0.15) is 0 Å². The summed E-state index contributed by atoms with van der Waals surface area (Å²) in [6.07, 6.45) is 4.39. The van der Waals surface area contributed by atoms with E-state index in [0.29, 0.717) is 0 Å². The maximum atomic E-state index is 13.2. The Hall–Kier alpha value is -1.98. The Morgan fingerprint density at radius 2 is 2.05 bits per heavy atom. The number of nitrogens with two attached hydrogens (primary N) is 1. The second kappa shape index (κ2) is 6.98. The summed E-state index contributed by atoms with van der Waals surface area (Å²) in [4.78, 5) is 3.84. The van der Waals surface area contributed by atoms with Crippen molar-refractivity contribution in [1.29, 1.82) is 0 Å². The average molecular weight is 275 g/mol. The third-order valence-corrected chi connectivity index (χ3v) is 3.21. The first-order chi connectivity index (χ1) is 9.72. The molecule has 2 rings (SSSR count). The molecule has 0 radical (unpaired) electrons. The molecule has 0 aliphatic rings. The van der Waals surface area contributed by atoms with E-state index in [9.17, 15) is 4.39 Å². The number of aromatic nitrogens is 1. The minimum absolute atomic E-state index is 0.125. The first kappa shape index (κ1) is 14.4. The van der Waals surface area contributed by atoms with Crippen molar-refractivity contribution in [3.05, 3.63) is 59.7 Å². The molecule has 1 aromatic heterocycles. The Morgan fingerprint density at radius 1 is 1.30 bits per heavy atom. The van der Waals surface area contributed by atoms with E-state index in [2.05, 4.69) is 10.4 Å². The molecule has 0 saturated carbocycles. The van der Waals surface area contributed by atoms with E-state index in [1.807, 2.05) is 24.3 Å². The summed E-state index contributed by atoms with van der Waals surface area (Å²) >= 11 is 0. The summed E-state index contributed by atoms with van der Waals surface area (Å²) in [5.74, 6) is 6.02. The summed E-state index contributed by atoms with van der Waals surface area (Å²) in [5, 5.41) is 0. The number of aryl methyl sites for hydroxylation is 1. The van der Waals surface area contributed by atoms with Gasteiger partial charge in [0.15, 0.2) is 0 Å². The number of ether oxygens (including phenoxy) is 1.